The normalized spacial score (nSPS) is 15.8. The lowest BCUT2D eigenvalue weighted by molar-refractivity contribution is -0.137. The second-order valence-electron chi connectivity index (χ2n) is 6.51. The van der Waals surface area contributed by atoms with Gasteiger partial charge in [-0.25, -0.2) is 0 Å². The smallest absolute Gasteiger partial charge is 0.289 e. The molecule has 0 saturated heterocycles. The summed E-state index contributed by atoms with van der Waals surface area (Å²) in [5.41, 5.74) is 1.65. The topological polar surface area (TPSA) is 27.0 Å². The van der Waals surface area contributed by atoms with Crippen molar-refractivity contribution in [1.29, 1.82) is 5.26 Å². The highest BCUT2D eigenvalue weighted by atomic mass is 19.4. The second kappa shape index (κ2) is 6.89. The molecule has 1 saturated carbocycles. The van der Waals surface area contributed by atoms with Crippen molar-refractivity contribution in [2.75, 3.05) is 0 Å². The van der Waals surface area contributed by atoms with Crippen molar-refractivity contribution in [2.45, 2.75) is 44.6 Å². The van der Waals surface area contributed by atoms with E-state index in [1.165, 1.54) is 12.1 Å². The third-order valence-electron chi connectivity index (χ3n) is 4.63. The monoisotopic (exact) mass is 344 g/mol. The Morgan fingerprint density at radius 1 is 1.16 bits per heavy atom. The highest BCUT2D eigenvalue weighted by molar-refractivity contribution is 5.33. The van der Waals surface area contributed by atoms with E-state index in [9.17, 15) is 13.2 Å². The molecule has 25 heavy (non-hydrogen) atoms. The number of halogens is 3. The van der Waals surface area contributed by atoms with Crippen LogP contribution in [0.25, 0.3) is 0 Å². The molecule has 130 valence electrons. The van der Waals surface area contributed by atoms with E-state index in [0.717, 1.165) is 24.5 Å². The third-order valence-corrected chi connectivity index (χ3v) is 4.63. The average Bonchev–Trinajstić information content (AvgIpc) is 3.43. The van der Waals surface area contributed by atoms with Crippen molar-refractivity contribution in [3.05, 3.63) is 70.8 Å². The molecule has 2 aromatic rings. The summed E-state index contributed by atoms with van der Waals surface area (Å²) in [7, 11) is 0. The summed E-state index contributed by atoms with van der Waals surface area (Å²) in [6.45, 7) is 2.57. The number of nitrogens with zero attached hydrogens (tertiary/aromatic N) is 2. The van der Waals surface area contributed by atoms with Crippen molar-refractivity contribution in [2.24, 2.45) is 0 Å². The SMILES string of the molecule is C[C@@H](c1cccc(C(F)(F)F)c1)N(Cc1cccc(C#N)c1)C1CC1. The molecule has 2 aromatic carbocycles. The Morgan fingerprint density at radius 2 is 1.88 bits per heavy atom. The molecule has 1 atom stereocenters. The molecule has 0 unspecified atom stereocenters. The van der Waals surface area contributed by atoms with Gasteiger partial charge in [-0.1, -0.05) is 24.3 Å². The molecule has 1 aliphatic carbocycles. The van der Waals surface area contributed by atoms with Gasteiger partial charge in [-0.05, 0) is 55.2 Å². The van der Waals surface area contributed by atoms with Crippen LogP contribution in [-0.4, -0.2) is 10.9 Å². The predicted octanol–water partition coefficient (Wildman–Crippen LogP) is 5.30. The molecule has 3 rings (SSSR count). The van der Waals surface area contributed by atoms with Crippen LogP contribution in [0.15, 0.2) is 48.5 Å². The van der Waals surface area contributed by atoms with Crippen LogP contribution < -0.4 is 0 Å². The second-order valence-corrected chi connectivity index (χ2v) is 6.51. The van der Waals surface area contributed by atoms with Crippen molar-refractivity contribution >= 4 is 0 Å². The minimum absolute atomic E-state index is 0.124. The summed E-state index contributed by atoms with van der Waals surface area (Å²) in [6.07, 6.45) is -2.22. The van der Waals surface area contributed by atoms with Crippen molar-refractivity contribution in [3.8, 4) is 6.07 Å². The first kappa shape index (κ1) is 17.5. The van der Waals surface area contributed by atoms with E-state index in [1.54, 1.807) is 12.1 Å². The summed E-state index contributed by atoms with van der Waals surface area (Å²) in [5, 5.41) is 9.04. The highest BCUT2D eigenvalue weighted by Crippen LogP contribution is 2.37. The van der Waals surface area contributed by atoms with Crippen LogP contribution in [0.4, 0.5) is 13.2 Å². The first-order valence-corrected chi connectivity index (χ1v) is 8.30. The van der Waals surface area contributed by atoms with Crippen LogP contribution in [0.3, 0.4) is 0 Å². The quantitative estimate of drug-likeness (QED) is 0.736. The lowest BCUT2D eigenvalue weighted by atomic mass is 10.0. The fourth-order valence-corrected chi connectivity index (χ4v) is 3.10. The molecule has 0 spiro atoms. The Morgan fingerprint density at radius 3 is 2.52 bits per heavy atom. The Hall–Kier alpha value is -2.32. The lowest BCUT2D eigenvalue weighted by Crippen LogP contribution is -2.29. The van der Waals surface area contributed by atoms with Gasteiger partial charge in [-0.3, -0.25) is 4.90 Å². The molecular weight excluding hydrogens is 325 g/mol. The van der Waals surface area contributed by atoms with E-state index >= 15 is 0 Å². The first-order chi connectivity index (χ1) is 11.9. The minimum Gasteiger partial charge on any atom is -0.289 e. The summed E-state index contributed by atoms with van der Waals surface area (Å²) >= 11 is 0. The average molecular weight is 344 g/mol. The molecule has 1 fully saturated rings. The number of nitriles is 1. The summed E-state index contributed by atoms with van der Waals surface area (Å²) in [5.74, 6) is 0. The molecular formula is C20H19F3N2. The zero-order valence-electron chi connectivity index (χ0n) is 13.9. The molecule has 5 heteroatoms. The fraction of sp³-hybridized carbons (Fsp3) is 0.350. The molecule has 0 bridgehead atoms. The van der Waals surface area contributed by atoms with Gasteiger partial charge in [0.2, 0.25) is 0 Å². The Labute approximate surface area is 145 Å². The van der Waals surface area contributed by atoms with E-state index in [1.807, 2.05) is 25.1 Å². The Bertz CT molecular complexity index is 788. The maximum atomic E-state index is 13.0. The van der Waals surface area contributed by atoms with Crippen LogP contribution in [0.1, 0.15) is 48.1 Å². The van der Waals surface area contributed by atoms with Crippen LogP contribution in [0, 0.1) is 11.3 Å². The van der Waals surface area contributed by atoms with Crippen LogP contribution in [0.5, 0.6) is 0 Å². The zero-order valence-corrected chi connectivity index (χ0v) is 13.9. The maximum Gasteiger partial charge on any atom is 0.416 e. The maximum absolute atomic E-state index is 13.0. The van der Waals surface area contributed by atoms with Gasteiger partial charge >= 0.3 is 6.18 Å². The Balaban J connectivity index is 1.84. The van der Waals surface area contributed by atoms with Crippen molar-refractivity contribution in [3.63, 3.8) is 0 Å². The standard InChI is InChI=1S/C20H19F3N2/c1-14(17-6-3-7-18(11-17)20(21,22)23)25(19-8-9-19)13-16-5-2-4-15(10-16)12-24/h2-7,10-11,14,19H,8-9,13H2,1H3/t14-/m0/s1. The fourth-order valence-electron chi connectivity index (χ4n) is 3.10. The van der Waals surface area contributed by atoms with E-state index in [4.69, 9.17) is 5.26 Å². The van der Waals surface area contributed by atoms with Gasteiger partial charge in [0.05, 0.1) is 17.2 Å². The minimum atomic E-state index is -4.33. The number of alkyl halides is 3. The molecule has 0 amide bonds. The summed E-state index contributed by atoms with van der Waals surface area (Å²) in [6, 6.07) is 15.3. The van der Waals surface area contributed by atoms with Crippen molar-refractivity contribution < 1.29 is 13.2 Å². The van der Waals surface area contributed by atoms with E-state index in [-0.39, 0.29) is 6.04 Å². The van der Waals surface area contributed by atoms with E-state index in [0.29, 0.717) is 23.7 Å². The van der Waals surface area contributed by atoms with Crippen molar-refractivity contribution in [1.82, 2.24) is 4.90 Å². The molecule has 0 aromatic heterocycles. The summed E-state index contributed by atoms with van der Waals surface area (Å²) < 4.78 is 39.0. The van der Waals surface area contributed by atoms with Gasteiger partial charge < -0.3 is 0 Å². The van der Waals surface area contributed by atoms with Crippen LogP contribution in [0.2, 0.25) is 0 Å². The highest BCUT2D eigenvalue weighted by Gasteiger charge is 2.34. The van der Waals surface area contributed by atoms with Gasteiger partial charge in [-0.15, -0.1) is 0 Å². The molecule has 0 radical (unpaired) electrons. The van der Waals surface area contributed by atoms with E-state index in [2.05, 4.69) is 11.0 Å². The first-order valence-electron chi connectivity index (χ1n) is 8.30. The molecule has 1 aliphatic rings. The molecule has 2 nitrogen and oxygen atoms in total. The van der Waals surface area contributed by atoms with E-state index < -0.39 is 11.7 Å². The number of hydrogen-bond acceptors (Lipinski definition) is 2. The van der Waals surface area contributed by atoms with Gasteiger partial charge in [0.15, 0.2) is 0 Å². The predicted molar refractivity (Wildman–Crippen MR) is 89.6 cm³/mol. The van der Waals surface area contributed by atoms with Crippen LogP contribution in [-0.2, 0) is 12.7 Å². The number of hydrogen-bond donors (Lipinski definition) is 0. The molecule has 0 N–H and O–H groups in total. The zero-order chi connectivity index (χ0) is 18.0. The van der Waals surface area contributed by atoms with Gasteiger partial charge in [0.1, 0.15) is 0 Å². The molecule has 0 aliphatic heterocycles. The van der Waals surface area contributed by atoms with Gasteiger partial charge in [-0.2, -0.15) is 18.4 Å². The summed E-state index contributed by atoms with van der Waals surface area (Å²) in [4.78, 5) is 2.23. The number of benzene rings is 2. The van der Waals surface area contributed by atoms with Crippen LogP contribution >= 0.6 is 0 Å². The van der Waals surface area contributed by atoms with Gasteiger partial charge in [0.25, 0.3) is 0 Å². The molecule has 0 heterocycles. The number of rotatable bonds is 5. The van der Waals surface area contributed by atoms with Gasteiger partial charge in [0, 0.05) is 18.6 Å². The lowest BCUT2D eigenvalue weighted by Gasteiger charge is -2.30. The largest absolute Gasteiger partial charge is 0.416 e. The Kier molecular flexibility index (Phi) is 4.82. The third kappa shape index (κ3) is 4.21.